The number of hydrogen-bond donors (Lipinski definition) is 1. The SMILES string of the molecule is COc1ncccc1COc1cc(F)ccc1C#CCO. The predicted molar refractivity (Wildman–Crippen MR) is 75.5 cm³/mol. The second kappa shape index (κ2) is 7.27. The molecule has 0 amide bonds. The molecule has 4 nitrogen and oxygen atoms in total. The van der Waals surface area contributed by atoms with E-state index in [0.717, 1.165) is 5.56 Å². The van der Waals surface area contributed by atoms with E-state index in [1.165, 1.54) is 25.3 Å². The van der Waals surface area contributed by atoms with Gasteiger partial charge in [-0.3, -0.25) is 0 Å². The Morgan fingerprint density at radius 3 is 2.95 bits per heavy atom. The van der Waals surface area contributed by atoms with Gasteiger partial charge in [0.25, 0.3) is 0 Å². The highest BCUT2D eigenvalue weighted by molar-refractivity contribution is 5.46. The molecule has 0 aliphatic heterocycles. The van der Waals surface area contributed by atoms with E-state index in [1.54, 1.807) is 12.3 Å². The van der Waals surface area contributed by atoms with Crippen molar-refractivity contribution in [2.24, 2.45) is 0 Å². The second-order valence-corrected chi connectivity index (χ2v) is 4.06. The first-order valence-corrected chi connectivity index (χ1v) is 6.24. The molecule has 0 spiro atoms. The molecule has 0 aliphatic carbocycles. The number of ether oxygens (including phenoxy) is 2. The van der Waals surface area contributed by atoms with Crippen LogP contribution in [-0.2, 0) is 6.61 Å². The van der Waals surface area contributed by atoms with Crippen LogP contribution in [0, 0.1) is 17.7 Å². The van der Waals surface area contributed by atoms with E-state index in [9.17, 15) is 4.39 Å². The summed E-state index contributed by atoms with van der Waals surface area (Å²) in [6.07, 6.45) is 1.61. The van der Waals surface area contributed by atoms with Gasteiger partial charge in [0.2, 0.25) is 5.88 Å². The molecule has 0 fully saturated rings. The van der Waals surface area contributed by atoms with E-state index < -0.39 is 5.82 Å². The number of rotatable bonds is 4. The van der Waals surface area contributed by atoms with Gasteiger partial charge in [-0.05, 0) is 24.3 Å². The highest BCUT2D eigenvalue weighted by atomic mass is 19.1. The van der Waals surface area contributed by atoms with Gasteiger partial charge in [-0.25, -0.2) is 9.37 Å². The third kappa shape index (κ3) is 3.94. The minimum Gasteiger partial charge on any atom is -0.487 e. The van der Waals surface area contributed by atoms with Gasteiger partial charge in [-0.1, -0.05) is 11.8 Å². The molecule has 0 aliphatic rings. The fourth-order valence-electron chi connectivity index (χ4n) is 1.73. The number of benzene rings is 1. The summed E-state index contributed by atoms with van der Waals surface area (Å²) in [5.74, 6) is 5.57. The van der Waals surface area contributed by atoms with Crippen molar-refractivity contribution in [1.29, 1.82) is 0 Å². The van der Waals surface area contributed by atoms with E-state index in [-0.39, 0.29) is 13.2 Å². The second-order valence-electron chi connectivity index (χ2n) is 4.06. The Morgan fingerprint density at radius 1 is 1.33 bits per heavy atom. The number of pyridine rings is 1. The molecule has 1 heterocycles. The standard InChI is InChI=1S/C16H14FNO3/c1-20-16-13(4-2-8-18-16)11-21-15-10-14(17)7-6-12(15)5-3-9-19/h2,4,6-8,10,19H,9,11H2,1H3. The molecular formula is C16H14FNO3. The van der Waals surface area contributed by atoms with Crippen molar-refractivity contribution in [1.82, 2.24) is 4.98 Å². The molecule has 1 aromatic heterocycles. The molecule has 5 heteroatoms. The lowest BCUT2D eigenvalue weighted by molar-refractivity contribution is 0.292. The van der Waals surface area contributed by atoms with Crippen molar-refractivity contribution in [2.75, 3.05) is 13.7 Å². The fourth-order valence-corrected chi connectivity index (χ4v) is 1.73. The topological polar surface area (TPSA) is 51.6 Å². The van der Waals surface area contributed by atoms with E-state index in [2.05, 4.69) is 16.8 Å². The first-order chi connectivity index (χ1) is 10.2. The van der Waals surface area contributed by atoms with Crippen molar-refractivity contribution in [3.05, 3.63) is 53.5 Å². The molecule has 0 radical (unpaired) electrons. The fraction of sp³-hybridized carbons (Fsp3) is 0.188. The quantitative estimate of drug-likeness (QED) is 0.875. The molecule has 0 saturated heterocycles. The molecule has 1 N–H and O–H groups in total. The Morgan fingerprint density at radius 2 is 2.19 bits per heavy atom. The lowest BCUT2D eigenvalue weighted by Crippen LogP contribution is -2.01. The maximum absolute atomic E-state index is 13.3. The molecular weight excluding hydrogens is 273 g/mol. The minimum atomic E-state index is -0.419. The van der Waals surface area contributed by atoms with Crippen LogP contribution in [-0.4, -0.2) is 23.8 Å². The molecule has 2 rings (SSSR count). The Labute approximate surface area is 122 Å². The summed E-state index contributed by atoms with van der Waals surface area (Å²) in [5.41, 5.74) is 1.25. The van der Waals surface area contributed by atoms with Crippen LogP contribution in [0.1, 0.15) is 11.1 Å². The average Bonchev–Trinajstić information content (AvgIpc) is 2.52. The van der Waals surface area contributed by atoms with Crippen LogP contribution < -0.4 is 9.47 Å². The monoisotopic (exact) mass is 287 g/mol. The summed E-state index contributed by atoms with van der Waals surface area (Å²) < 4.78 is 24.1. The zero-order valence-electron chi connectivity index (χ0n) is 11.5. The highest BCUT2D eigenvalue weighted by Crippen LogP contribution is 2.22. The molecule has 1 aromatic carbocycles. The van der Waals surface area contributed by atoms with Crippen LogP contribution in [0.3, 0.4) is 0 Å². The number of aromatic nitrogens is 1. The van der Waals surface area contributed by atoms with Gasteiger partial charge in [-0.15, -0.1) is 0 Å². The van der Waals surface area contributed by atoms with E-state index >= 15 is 0 Å². The number of aliphatic hydroxyl groups is 1. The van der Waals surface area contributed by atoms with Crippen LogP contribution >= 0.6 is 0 Å². The largest absolute Gasteiger partial charge is 0.487 e. The van der Waals surface area contributed by atoms with Crippen molar-refractivity contribution in [3.63, 3.8) is 0 Å². The maximum Gasteiger partial charge on any atom is 0.219 e. The van der Waals surface area contributed by atoms with Gasteiger partial charge in [0.1, 0.15) is 24.8 Å². The smallest absolute Gasteiger partial charge is 0.219 e. The Bertz CT molecular complexity index is 677. The third-order valence-corrected chi connectivity index (χ3v) is 2.67. The van der Waals surface area contributed by atoms with Gasteiger partial charge in [0, 0.05) is 12.3 Å². The normalized spacial score (nSPS) is 9.67. The first-order valence-electron chi connectivity index (χ1n) is 6.24. The van der Waals surface area contributed by atoms with Gasteiger partial charge in [-0.2, -0.15) is 0 Å². The lowest BCUT2D eigenvalue weighted by atomic mass is 10.2. The summed E-state index contributed by atoms with van der Waals surface area (Å²) in [7, 11) is 1.52. The van der Waals surface area contributed by atoms with Gasteiger partial charge >= 0.3 is 0 Å². The van der Waals surface area contributed by atoms with Crippen molar-refractivity contribution in [3.8, 4) is 23.5 Å². The van der Waals surface area contributed by atoms with Crippen molar-refractivity contribution in [2.45, 2.75) is 6.61 Å². The van der Waals surface area contributed by atoms with Crippen molar-refractivity contribution < 1.29 is 19.0 Å². The third-order valence-electron chi connectivity index (χ3n) is 2.67. The van der Waals surface area contributed by atoms with E-state index in [0.29, 0.717) is 17.2 Å². The molecule has 0 saturated carbocycles. The van der Waals surface area contributed by atoms with Gasteiger partial charge < -0.3 is 14.6 Å². The predicted octanol–water partition coefficient (Wildman–Crippen LogP) is 2.15. The Balaban J connectivity index is 2.21. The van der Waals surface area contributed by atoms with E-state index in [4.69, 9.17) is 14.6 Å². The highest BCUT2D eigenvalue weighted by Gasteiger charge is 2.07. The molecule has 0 bridgehead atoms. The van der Waals surface area contributed by atoms with E-state index in [1.807, 2.05) is 6.07 Å². The molecule has 21 heavy (non-hydrogen) atoms. The summed E-state index contributed by atoms with van der Waals surface area (Å²) >= 11 is 0. The number of nitrogens with zero attached hydrogens (tertiary/aromatic N) is 1. The van der Waals surface area contributed by atoms with Gasteiger partial charge in [0.15, 0.2) is 0 Å². The maximum atomic E-state index is 13.3. The van der Waals surface area contributed by atoms with Crippen LogP contribution in [0.5, 0.6) is 11.6 Å². The zero-order valence-corrected chi connectivity index (χ0v) is 11.5. The Kier molecular flexibility index (Phi) is 5.13. The Hall–Kier alpha value is -2.58. The van der Waals surface area contributed by atoms with Crippen LogP contribution in [0.15, 0.2) is 36.5 Å². The van der Waals surface area contributed by atoms with Crippen LogP contribution in [0.2, 0.25) is 0 Å². The molecule has 2 aromatic rings. The average molecular weight is 287 g/mol. The van der Waals surface area contributed by atoms with Gasteiger partial charge in [0.05, 0.1) is 18.2 Å². The zero-order chi connectivity index (χ0) is 15.1. The number of hydrogen-bond acceptors (Lipinski definition) is 4. The summed E-state index contributed by atoms with van der Waals surface area (Å²) in [4.78, 5) is 4.06. The summed E-state index contributed by atoms with van der Waals surface area (Å²) in [6.45, 7) is -0.0957. The summed E-state index contributed by atoms with van der Waals surface area (Å²) in [5, 5.41) is 8.74. The number of halogens is 1. The van der Waals surface area contributed by atoms with Crippen LogP contribution in [0.4, 0.5) is 4.39 Å². The van der Waals surface area contributed by atoms with Crippen molar-refractivity contribution >= 4 is 0 Å². The first kappa shape index (κ1) is 14.8. The molecule has 0 unspecified atom stereocenters. The lowest BCUT2D eigenvalue weighted by Gasteiger charge is -2.10. The van der Waals surface area contributed by atoms with Crippen LogP contribution in [0.25, 0.3) is 0 Å². The number of aliphatic hydroxyl groups excluding tert-OH is 1. The minimum absolute atomic E-state index is 0.175. The summed E-state index contributed by atoms with van der Waals surface area (Å²) in [6, 6.07) is 7.63. The molecule has 108 valence electrons. The number of methoxy groups -OCH3 is 1. The molecule has 0 atom stereocenters.